The van der Waals surface area contributed by atoms with E-state index < -0.39 is 71.3 Å². The molecule has 1 fully saturated rings. The first-order chi connectivity index (χ1) is 22.9. The number of carbonyl (C=O) groups is 4. The molecule has 274 valence electrons. The summed E-state index contributed by atoms with van der Waals surface area (Å²) in [6.45, 7) is 13.6. The summed E-state index contributed by atoms with van der Waals surface area (Å²) >= 11 is 0. The second kappa shape index (κ2) is 16.8. The maximum Gasteiger partial charge on any atom is 0.338 e. The molecular formula is C38H57NO10. The van der Waals surface area contributed by atoms with Gasteiger partial charge >= 0.3 is 11.9 Å². The van der Waals surface area contributed by atoms with E-state index in [4.69, 9.17) is 23.7 Å². The van der Waals surface area contributed by atoms with Gasteiger partial charge in [-0.3, -0.25) is 14.4 Å². The van der Waals surface area contributed by atoms with Crippen LogP contribution in [0.3, 0.4) is 0 Å². The Labute approximate surface area is 291 Å². The van der Waals surface area contributed by atoms with E-state index in [-0.39, 0.29) is 30.8 Å². The van der Waals surface area contributed by atoms with Gasteiger partial charge in [0.15, 0.2) is 24.0 Å². The largest absolute Gasteiger partial charge is 0.458 e. The summed E-state index contributed by atoms with van der Waals surface area (Å²) in [5.74, 6) is -4.82. The molecule has 0 amide bonds. The predicted octanol–water partition coefficient (Wildman–Crippen LogP) is 4.93. The fourth-order valence-corrected chi connectivity index (χ4v) is 7.11. The van der Waals surface area contributed by atoms with Gasteiger partial charge in [-0.25, -0.2) is 4.79 Å². The van der Waals surface area contributed by atoms with Gasteiger partial charge in [0, 0.05) is 18.9 Å². The minimum atomic E-state index is -1.65. The molecule has 0 bridgehead atoms. The highest BCUT2D eigenvalue weighted by Crippen LogP contribution is 2.38. The highest BCUT2D eigenvalue weighted by atomic mass is 16.7. The lowest BCUT2D eigenvalue weighted by Gasteiger charge is -2.47. The van der Waals surface area contributed by atoms with Gasteiger partial charge < -0.3 is 33.7 Å². The molecule has 1 aromatic rings. The molecule has 1 aromatic carbocycles. The Bertz CT molecular complexity index is 1340. The van der Waals surface area contributed by atoms with Crippen LogP contribution >= 0.6 is 0 Å². The minimum Gasteiger partial charge on any atom is -0.458 e. The van der Waals surface area contributed by atoms with Gasteiger partial charge in [0.2, 0.25) is 0 Å². The molecule has 2 aliphatic heterocycles. The van der Waals surface area contributed by atoms with Crippen molar-refractivity contribution >= 4 is 23.5 Å². The zero-order valence-electron chi connectivity index (χ0n) is 31.1. The average Bonchev–Trinajstić information content (AvgIpc) is 3.07. The summed E-state index contributed by atoms with van der Waals surface area (Å²) in [4.78, 5) is 56.9. The van der Waals surface area contributed by atoms with Gasteiger partial charge in [-0.1, -0.05) is 45.9 Å². The van der Waals surface area contributed by atoms with Crippen molar-refractivity contribution in [1.82, 2.24) is 4.90 Å². The Morgan fingerprint density at radius 3 is 2.22 bits per heavy atom. The van der Waals surface area contributed by atoms with E-state index in [9.17, 15) is 24.3 Å². The summed E-state index contributed by atoms with van der Waals surface area (Å²) in [5, 5.41) is 11.4. The molecule has 1 saturated heterocycles. The topological polar surface area (TPSA) is 138 Å². The van der Waals surface area contributed by atoms with Crippen LogP contribution in [0.5, 0.6) is 0 Å². The fraction of sp³-hybridized carbons (Fsp3) is 0.684. The van der Waals surface area contributed by atoms with Gasteiger partial charge in [-0.05, 0) is 91.3 Å². The Kier molecular flexibility index (Phi) is 13.9. The average molecular weight is 688 g/mol. The highest BCUT2D eigenvalue weighted by molar-refractivity contribution is 6.00. The number of carbonyl (C=O) groups excluding carboxylic acids is 4. The normalized spacial score (nSPS) is 37.9. The number of ether oxygens (including phenoxy) is 5. The molecule has 1 unspecified atom stereocenters. The number of esters is 2. The van der Waals surface area contributed by atoms with Crippen molar-refractivity contribution in [2.75, 3.05) is 21.2 Å². The van der Waals surface area contributed by atoms with Crippen LogP contribution in [0.4, 0.5) is 0 Å². The number of cyclic esters (lactones) is 1. The number of likely N-dealkylation sites (N-methyl/N-ethyl adjacent to an activating group) is 1. The number of ketones is 2. The first-order valence-corrected chi connectivity index (χ1v) is 17.4. The number of hydrogen-bond acceptors (Lipinski definition) is 11. The van der Waals surface area contributed by atoms with Gasteiger partial charge in [0.05, 0.1) is 29.4 Å². The summed E-state index contributed by atoms with van der Waals surface area (Å²) in [7, 11) is 5.26. The molecule has 0 spiro atoms. The third-order valence-corrected chi connectivity index (χ3v) is 10.1. The van der Waals surface area contributed by atoms with Gasteiger partial charge in [0.25, 0.3) is 0 Å². The third kappa shape index (κ3) is 9.43. The lowest BCUT2D eigenvalue weighted by Crippen LogP contribution is -2.60. The number of benzene rings is 1. The summed E-state index contributed by atoms with van der Waals surface area (Å²) in [5.41, 5.74) is -2.16. The summed E-state index contributed by atoms with van der Waals surface area (Å²) < 4.78 is 31.1. The van der Waals surface area contributed by atoms with E-state index in [1.54, 1.807) is 58.0 Å². The van der Waals surface area contributed by atoms with Crippen molar-refractivity contribution in [3.05, 3.63) is 47.5 Å². The van der Waals surface area contributed by atoms with Crippen LogP contribution in [0.1, 0.15) is 91.4 Å². The summed E-state index contributed by atoms with van der Waals surface area (Å²) in [6.07, 6.45) is -1.64. The zero-order valence-corrected chi connectivity index (χ0v) is 31.1. The molecule has 3 rings (SSSR count). The first kappa shape index (κ1) is 40.5. The summed E-state index contributed by atoms with van der Waals surface area (Å²) in [6, 6.07) is 8.33. The van der Waals surface area contributed by atoms with E-state index in [1.165, 1.54) is 27.0 Å². The molecule has 11 atom stereocenters. The number of allylic oxidation sites excluding steroid dienone is 1. The monoisotopic (exact) mass is 687 g/mol. The van der Waals surface area contributed by atoms with Crippen molar-refractivity contribution in [3.63, 3.8) is 0 Å². The number of methoxy groups -OCH3 is 1. The van der Waals surface area contributed by atoms with Crippen LogP contribution in [-0.4, -0.2) is 103 Å². The van der Waals surface area contributed by atoms with Gasteiger partial charge in [-0.15, -0.1) is 0 Å². The number of rotatable bonds is 8. The van der Waals surface area contributed by atoms with Crippen molar-refractivity contribution < 1.29 is 48.0 Å². The van der Waals surface area contributed by atoms with E-state index in [0.29, 0.717) is 24.0 Å². The second-order valence-electron chi connectivity index (χ2n) is 14.4. The lowest BCUT2D eigenvalue weighted by molar-refractivity contribution is -0.294. The molecule has 11 heteroatoms. The number of hydrogen-bond donors (Lipinski definition) is 1. The fourth-order valence-electron chi connectivity index (χ4n) is 7.11. The van der Waals surface area contributed by atoms with Crippen molar-refractivity contribution in [2.45, 2.75) is 129 Å². The van der Waals surface area contributed by atoms with E-state index >= 15 is 0 Å². The van der Waals surface area contributed by atoms with Crippen LogP contribution in [0.15, 0.2) is 42.0 Å². The molecule has 11 nitrogen and oxygen atoms in total. The smallest absolute Gasteiger partial charge is 0.338 e. The van der Waals surface area contributed by atoms with Crippen LogP contribution in [-0.2, 0) is 38.1 Å². The number of nitrogens with zero attached hydrogens (tertiary/aromatic N) is 1. The van der Waals surface area contributed by atoms with E-state index in [0.717, 1.165) is 0 Å². The van der Waals surface area contributed by atoms with Crippen LogP contribution < -0.4 is 0 Å². The molecule has 1 N–H and O–H groups in total. The molecule has 49 heavy (non-hydrogen) atoms. The quantitative estimate of drug-likeness (QED) is 0.294. The van der Waals surface area contributed by atoms with Crippen LogP contribution in [0, 0.1) is 17.8 Å². The lowest BCUT2D eigenvalue weighted by atomic mass is 9.76. The standard InChI is InChI=1S/C38H57NO10/c1-12-26-21-37(7,44)29(13-2)47-34(42)25(6)31(41)24(5)33(38(8,45-11)20-22(3)30(26)40)49-36-32(28(39(9)10)19-23(4)46-36)48-35(43)27-17-15-14-16-18-27/h14-18,21-25,28-29,32-33,36,44H,12-13,19-20H2,1-11H3/b26-21+/t22-,23-,24+,25-,28+,29-,32-,33-,36?,37+,38+/m1/s1. The molecule has 0 saturated carbocycles. The Morgan fingerprint density at radius 1 is 1.04 bits per heavy atom. The number of Topliss-reactive ketones (excluding diaryl/α,β-unsaturated/α-hetero) is 2. The number of aliphatic hydroxyl groups is 1. The zero-order chi connectivity index (χ0) is 36.8. The van der Waals surface area contributed by atoms with Gasteiger partial charge in [-0.2, -0.15) is 0 Å². The maximum atomic E-state index is 14.2. The molecule has 2 aliphatic rings. The second-order valence-corrected chi connectivity index (χ2v) is 14.4. The molecule has 0 radical (unpaired) electrons. The third-order valence-electron chi connectivity index (χ3n) is 10.1. The molecule has 0 aromatic heterocycles. The minimum absolute atomic E-state index is 0.133. The van der Waals surface area contributed by atoms with Gasteiger partial charge in [0.1, 0.15) is 17.6 Å². The van der Waals surface area contributed by atoms with E-state index in [2.05, 4.69) is 0 Å². The van der Waals surface area contributed by atoms with Crippen molar-refractivity contribution in [2.24, 2.45) is 17.8 Å². The Hall–Kier alpha value is -2.96. The predicted molar refractivity (Wildman–Crippen MR) is 184 cm³/mol. The van der Waals surface area contributed by atoms with Crippen molar-refractivity contribution in [1.29, 1.82) is 0 Å². The van der Waals surface area contributed by atoms with Crippen LogP contribution in [0.25, 0.3) is 0 Å². The highest BCUT2D eigenvalue weighted by Gasteiger charge is 2.51. The first-order valence-electron chi connectivity index (χ1n) is 17.4. The maximum absolute atomic E-state index is 14.2. The van der Waals surface area contributed by atoms with Crippen molar-refractivity contribution in [3.8, 4) is 0 Å². The van der Waals surface area contributed by atoms with Crippen LogP contribution in [0.2, 0.25) is 0 Å². The SMILES string of the molecule is CC/C1=C\[C@](C)(O)[C@@H](CC)OC(=O)[C@H](C)C(=O)[C@H](C)[C@@H](OC2O[C@H](C)C[C@H](N(C)C)[C@H]2OC(=O)c2ccccc2)[C@@](C)(OC)C[C@@H](C)C1=O. The Balaban J connectivity index is 2.14. The molecule has 2 heterocycles. The Morgan fingerprint density at radius 2 is 1.67 bits per heavy atom. The van der Waals surface area contributed by atoms with E-state index in [1.807, 2.05) is 32.8 Å². The molecular weight excluding hydrogens is 630 g/mol. The molecule has 0 aliphatic carbocycles.